The van der Waals surface area contributed by atoms with Gasteiger partial charge in [0.2, 0.25) is 0 Å². The second-order valence-electron chi connectivity index (χ2n) is 5.12. The molecule has 0 N–H and O–H groups in total. The molecule has 0 rings (SSSR count). The van der Waals surface area contributed by atoms with Gasteiger partial charge in [-0.2, -0.15) is 0 Å². The molecule has 0 fully saturated rings. The summed E-state index contributed by atoms with van der Waals surface area (Å²) in [5, 5.41) is 0. The van der Waals surface area contributed by atoms with Crippen LogP contribution in [0.3, 0.4) is 0 Å². The lowest BCUT2D eigenvalue weighted by atomic mass is 10.1. The summed E-state index contributed by atoms with van der Waals surface area (Å²) in [5.41, 5.74) is 0. The molecule has 0 spiro atoms. The van der Waals surface area contributed by atoms with Crippen molar-refractivity contribution in [2.75, 3.05) is 5.88 Å². The molecular formula is C11H25ClSi. The molecule has 0 atom stereocenters. The highest BCUT2D eigenvalue weighted by atomic mass is 35.5. The highest BCUT2D eigenvalue weighted by Gasteiger charge is 2.11. The lowest BCUT2D eigenvalue weighted by Crippen LogP contribution is -2.18. The maximum Gasteiger partial charge on any atom is 0.0442 e. The Morgan fingerprint density at radius 1 is 0.769 bits per heavy atom. The largest absolute Gasteiger partial charge is 0.127 e. The molecule has 0 unspecified atom stereocenters. The summed E-state index contributed by atoms with van der Waals surface area (Å²) in [7, 11) is -0.754. The number of hydrogen-bond donors (Lipinski definition) is 0. The summed E-state index contributed by atoms with van der Waals surface area (Å²) in [4.78, 5) is 0. The third kappa shape index (κ3) is 12.5. The number of halogens is 1. The Morgan fingerprint density at radius 2 is 1.23 bits per heavy atom. The number of hydrogen-bond acceptors (Lipinski definition) is 0. The monoisotopic (exact) mass is 220 g/mol. The Kier molecular flexibility index (Phi) is 8.18. The fraction of sp³-hybridized carbons (Fsp3) is 1.00. The van der Waals surface area contributed by atoms with Gasteiger partial charge in [0.1, 0.15) is 0 Å². The van der Waals surface area contributed by atoms with E-state index in [9.17, 15) is 0 Å². The van der Waals surface area contributed by atoms with E-state index >= 15 is 0 Å². The maximum atomic E-state index is 5.61. The maximum absolute atomic E-state index is 5.61. The van der Waals surface area contributed by atoms with E-state index in [0.29, 0.717) is 0 Å². The van der Waals surface area contributed by atoms with Gasteiger partial charge in [-0.1, -0.05) is 57.8 Å². The Morgan fingerprint density at radius 3 is 1.69 bits per heavy atom. The van der Waals surface area contributed by atoms with Crippen LogP contribution in [0.25, 0.3) is 0 Å². The molecule has 0 saturated heterocycles. The summed E-state index contributed by atoms with van der Waals surface area (Å²) in [6.45, 7) is 7.38. The van der Waals surface area contributed by atoms with Gasteiger partial charge >= 0.3 is 0 Å². The lowest BCUT2D eigenvalue weighted by molar-refractivity contribution is 0.624. The van der Waals surface area contributed by atoms with Crippen LogP contribution in [-0.2, 0) is 0 Å². The van der Waals surface area contributed by atoms with E-state index in [1.165, 1.54) is 44.6 Å². The Hall–Kier alpha value is 0.507. The van der Waals surface area contributed by atoms with Crippen LogP contribution < -0.4 is 0 Å². The highest BCUT2D eigenvalue weighted by molar-refractivity contribution is 6.76. The van der Waals surface area contributed by atoms with E-state index in [-0.39, 0.29) is 0 Å². The van der Waals surface area contributed by atoms with Gasteiger partial charge in [-0.25, -0.2) is 0 Å². The van der Waals surface area contributed by atoms with Crippen molar-refractivity contribution in [3.05, 3.63) is 0 Å². The van der Waals surface area contributed by atoms with Crippen molar-refractivity contribution in [2.24, 2.45) is 0 Å². The molecule has 0 aliphatic carbocycles. The van der Waals surface area contributed by atoms with E-state index < -0.39 is 8.07 Å². The molecule has 0 aliphatic heterocycles. The molecule has 80 valence electrons. The zero-order chi connectivity index (χ0) is 10.2. The summed E-state index contributed by atoms with van der Waals surface area (Å²) in [5.74, 6) is 0.842. The third-order valence-electron chi connectivity index (χ3n) is 2.31. The summed E-state index contributed by atoms with van der Waals surface area (Å²) < 4.78 is 0. The normalized spacial score (nSPS) is 12.0. The van der Waals surface area contributed by atoms with Crippen LogP contribution in [0.1, 0.15) is 38.5 Å². The zero-order valence-electron chi connectivity index (χ0n) is 9.53. The minimum absolute atomic E-state index is 0.754. The molecule has 0 radical (unpaired) electrons. The van der Waals surface area contributed by atoms with Gasteiger partial charge in [0.25, 0.3) is 0 Å². The molecule has 2 heteroatoms. The first-order valence-electron chi connectivity index (χ1n) is 5.62. The standard InChI is InChI=1S/C11H25ClSi/c1-13(2,3)11-9-7-5-4-6-8-10-12/h4-11H2,1-3H3. The smallest absolute Gasteiger partial charge is 0.0442 e. The van der Waals surface area contributed by atoms with Gasteiger partial charge in [-0.3, -0.25) is 0 Å². The summed E-state index contributed by atoms with van der Waals surface area (Å²) >= 11 is 5.61. The van der Waals surface area contributed by atoms with Crippen LogP contribution in [0.5, 0.6) is 0 Å². The van der Waals surface area contributed by atoms with Gasteiger partial charge in [-0.05, 0) is 6.42 Å². The molecule has 0 aromatic carbocycles. The molecule has 13 heavy (non-hydrogen) atoms. The predicted octanol–water partition coefficient (Wildman–Crippen LogP) is 4.90. The van der Waals surface area contributed by atoms with Crippen molar-refractivity contribution in [2.45, 2.75) is 64.2 Å². The molecule has 0 aromatic rings. The third-order valence-corrected chi connectivity index (χ3v) is 4.43. The fourth-order valence-corrected chi connectivity index (χ4v) is 2.96. The van der Waals surface area contributed by atoms with Gasteiger partial charge in [-0.15, -0.1) is 11.6 Å². The molecular weight excluding hydrogens is 196 g/mol. The van der Waals surface area contributed by atoms with Crippen LogP contribution in [0, 0.1) is 0 Å². The Bertz CT molecular complexity index is 107. The van der Waals surface area contributed by atoms with Crippen LogP contribution in [0.15, 0.2) is 0 Å². The van der Waals surface area contributed by atoms with Crippen LogP contribution >= 0.6 is 11.6 Å². The second kappa shape index (κ2) is 7.87. The number of rotatable bonds is 8. The van der Waals surface area contributed by atoms with E-state index in [1.807, 2.05) is 0 Å². The van der Waals surface area contributed by atoms with Crippen LogP contribution in [0.2, 0.25) is 25.7 Å². The molecule has 0 bridgehead atoms. The quantitative estimate of drug-likeness (QED) is 0.310. The van der Waals surface area contributed by atoms with Crippen LogP contribution in [-0.4, -0.2) is 14.0 Å². The van der Waals surface area contributed by atoms with E-state index in [0.717, 1.165) is 5.88 Å². The number of unbranched alkanes of at least 4 members (excludes halogenated alkanes) is 5. The minimum atomic E-state index is -0.754. The first kappa shape index (κ1) is 13.5. The van der Waals surface area contributed by atoms with Crippen molar-refractivity contribution in [1.82, 2.24) is 0 Å². The van der Waals surface area contributed by atoms with Gasteiger partial charge in [0.05, 0.1) is 0 Å². The van der Waals surface area contributed by atoms with Crippen molar-refractivity contribution in [3.8, 4) is 0 Å². The molecule has 0 aromatic heterocycles. The van der Waals surface area contributed by atoms with Crippen molar-refractivity contribution >= 4 is 19.7 Å². The molecule has 0 heterocycles. The minimum Gasteiger partial charge on any atom is -0.127 e. The predicted molar refractivity (Wildman–Crippen MR) is 66.6 cm³/mol. The molecule has 0 saturated carbocycles. The summed E-state index contributed by atoms with van der Waals surface area (Å²) in [6, 6.07) is 1.50. The molecule has 0 nitrogen and oxygen atoms in total. The van der Waals surface area contributed by atoms with E-state index in [1.54, 1.807) is 0 Å². The Labute approximate surface area is 90.1 Å². The van der Waals surface area contributed by atoms with Gasteiger partial charge in [0.15, 0.2) is 0 Å². The first-order chi connectivity index (χ1) is 6.06. The van der Waals surface area contributed by atoms with E-state index in [2.05, 4.69) is 19.6 Å². The summed E-state index contributed by atoms with van der Waals surface area (Å²) in [6.07, 6.45) is 8.23. The lowest BCUT2D eigenvalue weighted by Gasteiger charge is -2.14. The zero-order valence-corrected chi connectivity index (χ0v) is 11.3. The molecule has 0 amide bonds. The van der Waals surface area contributed by atoms with Gasteiger partial charge < -0.3 is 0 Å². The van der Waals surface area contributed by atoms with Crippen molar-refractivity contribution in [1.29, 1.82) is 0 Å². The first-order valence-corrected chi connectivity index (χ1v) is 9.86. The number of alkyl halides is 1. The topological polar surface area (TPSA) is 0 Å². The highest BCUT2D eigenvalue weighted by Crippen LogP contribution is 2.15. The average Bonchev–Trinajstić information content (AvgIpc) is 2.01. The SMILES string of the molecule is C[Si](C)(C)CCCCCCCCCl. The molecule has 0 aliphatic rings. The fourth-order valence-electron chi connectivity index (χ4n) is 1.46. The van der Waals surface area contributed by atoms with E-state index in [4.69, 9.17) is 11.6 Å². The average molecular weight is 221 g/mol. The van der Waals surface area contributed by atoms with Gasteiger partial charge in [0, 0.05) is 14.0 Å². The van der Waals surface area contributed by atoms with Crippen LogP contribution in [0.4, 0.5) is 0 Å². The van der Waals surface area contributed by atoms with Crippen molar-refractivity contribution in [3.63, 3.8) is 0 Å². The van der Waals surface area contributed by atoms with Crippen molar-refractivity contribution < 1.29 is 0 Å². The Balaban J connectivity index is 3.00. The second-order valence-corrected chi connectivity index (χ2v) is 11.1.